The highest BCUT2D eigenvalue weighted by molar-refractivity contribution is 4.84. The fourth-order valence-corrected chi connectivity index (χ4v) is 2.00. The van der Waals surface area contributed by atoms with Crippen LogP contribution in [0, 0.1) is 0 Å². The molecule has 0 aromatic rings. The molecule has 0 aromatic heterocycles. The van der Waals surface area contributed by atoms with E-state index in [4.69, 9.17) is 9.84 Å². The average molecular weight is 157 g/mol. The first-order valence-electron chi connectivity index (χ1n) is 4.36. The third kappa shape index (κ3) is 1.41. The molecule has 0 aliphatic carbocycles. The van der Waals surface area contributed by atoms with Gasteiger partial charge in [0.2, 0.25) is 0 Å². The van der Waals surface area contributed by atoms with Gasteiger partial charge in [0.1, 0.15) is 0 Å². The topological polar surface area (TPSA) is 32.7 Å². The molecule has 3 nitrogen and oxygen atoms in total. The van der Waals surface area contributed by atoms with E-state index < -0.39 is 0 Å². The number of hydrogen-bond donors (Lipinski definition) is 1. The number of fused-ring (bicyclic) bond motifs is 1. The normalized spacial score (nSPS) is 39.0. The molecule has 64 valence electrons. The van der Waals surface area contributed by atoms with Crippen LogP contribution in [0.15, 0.2) is 0 Å². The Morgan fingerprint density at radius 2 is 2.45 bits per heavy atom. The summed E-state index contributed by atoms with van der Waals surface area (Å²) in [6.07, 6.45) is 2.65. The predicted octanol–water partition coefficient (Wildman–Crippen LogP) is -0.158. The van der Waals surface area contributed by atoms with Crippen molar-refractivity contribution < 1.29 is 9.84 Å². The van der Waals surface area contributed by atoms with Gasteiger partial charge in [-0.15, -0.1) is 0 Å². The van der Waals surface area contributed by atoms with E-state index in [0.717, 1.165) is 13.2 Å². The van der Waals surface area contributed by atoms with Gasteiger partial charge in [-0.3, -0.25) is 4.90 Å². The van der Waals surface area contributed by atoms with E-state index in [2.05, 4.69) is 4.90 Å². The minimum absolute atomic E-state index is 0.0735. The molecule has 2 saturated heterocycles. The van der Waals surface area contributed by atoms with Crippen LogP contribution in [-0.2, 0) is 4.74 Å². The molecule has 2 aliphatic heterocycles. The quantitative estimate of drug-likeness (QED) is 0.574. The van der Waals surface area contributed by atoms with Gasteiger partial charge in [0.25, 0.3) is 0 Å². The summed E-state index contributed by atoms with van der Waals surface area (Å²) in [5.74, 6) is 0. The van der Waals surface area contributed by atoms with Crippen LogP contribution < -0.4 is 0 Å². The molecular weight excluding hydrogens is 142 g/mol. The van der Waals surface area contributed by atoms with E-state index in [9.17, 15) is 0 Å². The standard InChI is InChI=1S/C8H15NO2/c10-5-8-4-9-3-1-2-7(9)6-11-8/h7-8,10H,1-6H2. The number of ether oxygens (including phenoxy) is 1. The van der Waals surface area contributed by atoms with E-state index in [1.165, 1.54) is 19.4 Å². The maximum absolute atomic E-state index is 8.86. The molecule has 3 heteroatoms. The minimum atomic E-state index is 0.0735. The van der Waals surface area contributed by atoms with E-state index in [-0.39, 0.29) is 12.7 Å². The smallest absolute Gasteiger partial charge is 0.0933 e. The number of morpholine rings is 1. The third-order valence-corrected chi connectivity index (χ3v) is 2.67. The Kier molecular flexibility index (Phi) is 2.11. The van der Waals surface area contributed by atoms with Gasteiger partial charge in [0, 0.05) is 12.6 Å². The fraction of sp³-hybridized carbons (Fsp3) is 1.00. The average Bonchev–Trinajstić information content (AvgIpc) is 2.50. The van der Waals surface area contributed by atoms with Crippen LogP contribution in [0.1, 0.15) is 12.8 Å². The molecule has 1 N–H and O–H groups in total. The number of rotatable bonds is 1. The zero-order chi connectivity index (χ0) is 7.68. The first kappa shape index (κ1) is 7.53. The lowest BCUT2D eigenvalue weighted by Gasteiger charge is -2.34. The summed E-state index contributed by atoms with van der Waals surface area (Å²) in [4.78, 5) is 2.43. The predicted molar refractivity (Wildman–Crippen MR) is 41.4 cm³/mol. The molecule has 0 amide bonds. The van der Waals surface area contributed by atoms with Crippen LogP contribution >= 0.6 is 0 Å². The second-order valence-electron chi connectivity index (χ2n) is 3.43. The summed E-state index contributed by atoms with van der Waals surface area (Å²) >= 11 is 0. The molecule has 2 heterocycles. The highest BCUT2D eigenvalue weighted by Crippen LogP contribution is 2.22. The molecule has 2 aliphatic rings. The van der Waals surface area contributed by atoms with E-state index in [1.54, 1.807) is 0 Å². The summed E-state index contributed by atoms with van der Waals surface area (Å²) in [6.45, 7) is 3.13. The molecule has 11 heavy (non-hydrogen) atoms. The van der Waals surface area contributed by atoms with Gasteiger partial charge in [0.05, 0.1) is 19.3 Å². The highest BCUT2D eigenvalue weighted by atomic mass is 16.5. The molecule has 0 radical (unpaired) electrons. The second kappa shape index (κ2) is 3.09. The number of aliphatic hydroxyl groups is 1. The van der Waals surface area contributed by atoms with Gasteiger partial charge < -0.3 is 9.84 Å². The van der Waals surface area contributed by atoms with Gasteiger partial charge in [-0.2, -0.15) is 0 Å². The van der Waals surface area contributed by atoms with Crippen LogP contribution in [-0.4, -0.2) is 48.5 Å². The zero-order valence-corrected chi connectivity index (χ0v) is 6.70. The Labute approximate surface area is 66.9 Å². The molecule has 0 bridgehead atoms. The number of aliphatic hydroxyl groups excluding tert-OH is 1. The summed E-state index contributed by atoms with van der Waals surface area (Å²) < 4.78 is 5.45. The SMILES string of the molecule is OCC1CN2CCCC2CO1. The monoisotopic (exact) mass is 157 g/mol. The van der Waals surface area contributed by atoms with Crippen molar-refractivity contribution in [3.8, 4) is 0 Å². The summed E-state index contributed by atoms with van der Waals surface area (Å²) in [7, 11) is 0. The number of hydrogen-bond acceptors (Lipinski definition) is 3. The molecule has 0 spiro atoms. The minimum Gasteiger partial charge on any atom is -0.394 e. The lowest BCUT2D eigenvalue weighted by Crippen LogP contribution is -2.47. The first-order valence-corrected chi connectivity index (χ1v) is 4.36. The fourth-order valence-electron chi connectivity index (χ4n) is 2.00. The van der Waals surface area contributed by atoms with Crippen molar-refractivity contribution in [2.45, 2.75) is 25.0 Å². The van der Waals surface area contributed by atoms with Crippen LogP contribution in [0.4, 0.5) is 0 Å². The van der Waals surface area contributed by atoms with Crippen molar-refractivity contribution in [3.05, 3.63) is 0 Å². The molecule has 0 aromatic carbocycles. The Hall–Kier alpha value is -0.120. The van der Waals surface area contributed by atoms with E-state index in [1.807, 2.05) is 0 Å². The summed E-state index contributed by atoms with van der Waals surface area (Å²) in [6, 6.07) is 0.651. The molecule has 2 unspecified atom stereocenters. The van der Waals surface area contributed by atoms with E-state index in [0.29, 0.717) is 6.04 Å². The molecule has 0 saturated carbocycles. The van der Waals surface area contributed by atoms with Crippen LogP contribution in [0.2, 0.25) is 0 Å². The maximum atomic E-state index is 8.86. The number of nitrogens with zero attached hydrogens (tertiary/aromatic N) is 1. The van der Waals surface area contributed by atoms with Gasteiger partial charge in [-0.25, -0.2) is 0 Å². The molecular formula is C8H15NO2. The van der Waals surface area contributed by atoms with Gasteiger partial charge in [0.15, 0.2) is 0 Å². The van der Waals surface area contributed by atoms with Crippen LogP contribution in [0.5, 0.6) is 0 Å². The molecule has 2 rings (SSSR count). The van der Waals surface area contributed by atoms with E-state index >= 15 is 0 Å². The Morgan fingerprint density at radius 3 is 3.27 bits per heavy atom. The van der Waals surface area contributed by atoms with Crippen LogP contribution in [0.3, 0.4) is 0 Å². The van der Waals surface area contributed by atoms with Gasteiger partial charge >= 0.3 is 0 Å². The van der Waals surface area contributed by atoms with Crippen LogP contribution in [0.25, 0.3) is 0 Å². The van der Waals surface area contributed by atoms with Crippen molar-refractivity contribution in [2.75, 3.05) is 26.3 Å². The summed E-state index contributed by atoms with van der Waals surface area (Å²) in [5.41, 5.74) is 0. The van der Waals surface area contributed by atoms with Crippen molar-refractivity contribution in [1.82, 2.24) is 4.90 Å². The summed E-state index contributed by atoms with van der Waals surface area (Å²) in [5, 5.41) is 8.86. The van der Waals surface area contributed by atoms with Crippen molar-refractivity contribution in [3.63, 3.8) is 0 Å². The van der Waals surface area contributed by atoms with Crippen molar-refractivity contribution in [1.29, 1.82) is 0 Å². The molecule has 2 fully saturated rings. The Bertz CT molecular complexity index is 140. The largest absolute Gasteiger partial charge is 0.394 e. The van der Waals surface area contributed by atoms with Gasteiger partial charge in [-0.05, 0) is 19.4 Å². The lowest BCUT2D eigenvalue weighted by atomic mass is 10.2. The van der Waals surface area contributed by atoms with Crippen molar-refractivity contribution in [2.24, 2.45) is 0 Å². The first-order chi connectivity index (χ1) is 5.40. The third-order valence-electron chi connectivity index (χ3n) is 2.67. The van der Waals surface area contributed by atoms with Crippen molar-refractivity contribution >= 4 is 0 Å². The molecule has 2 atom stereocenters. The maximum Gasteiger partial charge on any atom is 0.0933 e. The lowest BCUT2D eigenvalue weighted by molar-refractivity contribution is -0.0695. The Balaban J connectivity index is 1.91. The Morgan fingerprint density at radius 1 is 1.55 bits per heavy atom. The second-order valence-corrected chi connectivity index (χ2v) is 3.43. The van der Waals surface area contributed by atoms with Gasteiger partial charge in [-0.1, -0.05) is 0 Å². The highest BCUT2D eigenvalue weighted by Gasteiger charge is 2.31. The zero-order valence-electron chi connectivity index (χ0n) is 6.70.